The van der Waals surface area contributed by atoms with Gasteiger partial charge in [0, 0.05) is 19.7 Å². The molecule has 45 heavy (non-hydrogen) atoms. The Kier molecular flexibility index (Phi) is 14.4. The smallest absolute Gasteiger partial charge is 0.468 e. The summed E-state index contributed by atoms with van der Waals surface area (Å²) < 4.78 is 46.0. The first-order valence-electron chi connectivity index (χ1n) is 14.2. The fraction of sp³-hybridized carbons (Fsp3) is 0.692. The molecule has 0 aliphatic carbocycles. The maximum Gasteiger partial charge on any atom is 0.509 e. The minimum Gasteiger partial charge on any atom is -0.468 e. The van der Waals surface area contributed by atoms with Gasteiger partial charge < -0.3 is 39.7 Å². The van der Waals surface area contributed by atoms with E-state index in [4.69, 9.17) is 39.7 Å². The number of nitrogen functional groups attached to an aromatic ring is 2. The minimum atomic E-state index is -4.26. The summed E-state index contributed by atoms with van der Waals surface area (Å²) in [5, 5.41) is 5.43. The number of nitrogens with two attached hydrogens (primary N) is 2. The fourth-order valence-corrected chi connectivity index (χ4v) is 6.23. The van der Waals surface area contributed by atoms with Gasteiger partial charge >= 0.3 is 25.8 Å². The highest BCUT2D eigenvalue weighted by Gasteiger charge is 2.44. The van der Waals surface area contributed by atoms with Crippen LogP contribution in [-0.4, -0.2) is 92.6 Å². The van der Waals surface area contributed by atoms with E-state index in [1.807, 2.05) is 27.7 Å². The highest BCUT2D eigenvalue weighted by molar-refractivity contribution is 7.54. The van der Waals surface area contributed by atoms with Crippen molar-refractivity contribution in [1.82, 2.24) is 20.1 Å². The van der Waals surface area contributed by atoms with Crippen molar-refractivity contribution in [2.75, 3.05) is 39.4 Å². The van der Waals surface area contributed by atoms with Crippen LogP contribution in [0.25, 0.3) is 0 Å². The molecule has 1 aromatic rings. The molecule has 1 fully saturated rings. The average Bonchev–Trinajstić information content (AvgIpc) is 3.32. The number of cyclic esters (lactones) is 2. The Morgan fingerprint density at radius 1 is 1.02 bits per heavy atom. The number of aromatic amines is 1. The van der Waals surface area contributed by atoms with Gasteiger partial charge in [-0.2, -0.15) is 4.98 Å². The molecule has 1 aromatic heterocycles. The second-order valence-electron chi connectivity index (χ2n) is 11.0. The van der Waals surface area contributed by atoms with E-state index in [1.165, 1.54) is 27.5 Å². The summed E-state index contributed by atoms with van der Waals surface area (Å²) in [6, 6.07) is -2.14. The number of hydrogen-bond donors (Lipinski definition) is 5. The van der Waals surface area contributed by atoms with Crippen molar-refractivity contribution < 1.29 is 47.2 Å². The normalized spacial score (nSPS) is 20.0. The van der Waals surface area contributed by atoms with Crippen LogP contribution in [0.1, 0.15) is 47.0 Å². The predicted octanol–water partition coefficient (Wildman–Crippen LogP) is 1.43. The van der Waals surface area contributed by atoms with Crippen LogP contribution < -0.4 is 27.2 Å². The van der Waals surface area contributed by atoms with Crippen LogP contribution in [0.4, 0.5) is 22.2 Å². The molecular formula is C26H44N7O11P. The quantitative estimate of drug-likeness (QED) is 0.0645. The minimum absolute atomic E-state index is 0.0127. The summed E-state index contributed by atoms with van der Waals surface area (Å²) in [5.41, 5.74) is 10.3. The zero-order valence-corrected chi connectivity index (χ0v) is 27.3. The van der Waals surface area contributed by atoms with Gasteiger partial charge in [-0.05, 0) is 24.7 Å². The zero-order valence-electron chi connectivity index (χ0n) is 26.4. The van der Waals surface area contributed by atoms with E-state index in [-0.39, 0.29) is 48.6 Å². The van der Waals surface area contributed by atoms with Crippen molar-refractivity contribution >= 4 is 49.4 Å². The van der Waals surface area contributed by atoms with Crippen LogP contribution in [0.5, 0.6) is 0 Å². The van der Waals surface area contributed by atoms with Crippen molar-refractivity contribution in [3.63, 3.8) is 0 Å². The molecule has 0 bridgehead atoms. The third kappa shape index (κ3) is 11.4. The average molecular weight is 662 g/mol. The van der Waals surface area contributed by atoms with Crippen LogP contribution in [0.2, 0.25) is 0 Å². The highest BCUT2D eigenvalue weighted by atomic mass is 31.2. The SMILES string of the molecule is COC(=O)C(CC(C)C)NP(=O)(NC(CC(C)C)C(=O)OC)OCC(OC)C1OC(=O)O[C@@H]1CC=Nc1c(N)nc(N)[nH]c1=O. The van der Waals surface area contributed by atoms with Crippen LogP contribution in [0.15, 0.2) is 9.79 Å². The van der Waals surface area contributed by atoms with E-state index in [9.17, 15) is 23.7 Å². The number of ether oxygens (including phenoxy) is 5. The van der Waals surface area contributed by atoms with E-state index in [2.05, 4.69) is 25.1 Å². The molecule has 1 aliphatic heterocycles. The lowest BCUT2D eigenvalue weighted by molar-refractivity contribution is -0.143. The van der Waals surface area contributed by atoms with Gasteiger partial charge in [0.1, 0.15) is 24.3 Å². The van der Waals surface area contributed by atoms with Crippen LogP contribution >= 0.6 is 7.67 Å². The summed E-state index contributed by atoms with van der Waals surface area (Å²) in [5.74, 6) is -1.78. The molecule has 0 spiro atoms. The molecule has 2 heterocycles. The molecule has 0 amide bonds. The second-order valence-corrected chi connectivity index (χ2v) is 12.9. The van der Waals surface area contributed by atoms with E-state index in [1.54, 1.807) is 0 Å². The number of H-pyrrole nitrogens is 1. The number of anilines is 2. The monoisotopic (exact) mass is 661 g/mol. The summed E-state index contributed by atoms with van der Waals surface area (Å²) in [4.78, 5) is 59.5. The molecule has 7 N–H and O–H groups in total. The van der Waals surface area contributed by atoms with E-state index in [0.29, 0.717) is 0 Å². The summed E-state index contributed by atoms with van der Waals surface area (Å²) in [7, 11) is -0.558. The first-order chi connectivity index (χ1) is 21.1. The Hall–Kier alpha value is -3.57. The molecular weight excluding hydrogens is 617 g/mol. The third-order valence-corrected chi connectivity index (χ3v) is 8.29. The Morgan fingerprint density at radius 3 is 2.04 bits per heavy atom. The fourth-order valence-electron chi connectivity index (χ4n) is 4.41. The van der Waals surface area contributed by atoms with Crippen LogP contribution in [0.3, 0.4) is 0 Å². The summed E-state index contributed by atoms with van der Waals surface area (Å²) in [6.45, 7) is 6.99. The predicted molar refractivity (Wildman–Crippen MR) is 163 cm³/mol. The third-order valence-electron chi connectivity index (χ3n) is 6.47. The standard InChI is InChI=1S/C26H44N7O11P/c1-13(2)10-15(23(35)40-6)32-45(38,33-16(11-14(3)4)24(36)41-7)42-12-18(39-5)20-17(43-26(37)44-20)8-9-29-19-21(27)30-25(28)31-22(19)34/h9,13-18,20H,8,10-12H2,1-7H3,(H2,32,33,38)(H5,27,28,30,31,34)/t15?,16?,17-,18?,20?,45?/m1/s1. The zero-order chi connectivity index (χ0) is 33.9. The van der Waals surface area contributed by atoms with Crippen molar-refractivity contribution in [2.45, 2.75) is 77.4 Å². The Balaban J connectivity index is 2.32. The van der Waals surface area contributed by atoms with Gasteiger partial charge in [-0.1, -0.05) is 27.7 Å². The second kappa shape index (κ2) is 17.2. The molecule has 0 saturated carbocycles. The van der Waals surface area contributed by atoms with Crippen molar-refractivity contribution in [2.24, 2.45) is 16.8 Å². The van der Waals surface area contributed by atoms with Crippen molar-refractivity contribution in [1.29, 1.82) is 0 Å². The van der Waals surface area contributed by atoms with Gasteiger partial charge in [0.25, 0.3) is 5.56 Å². The maximum atomic E-state index is 14.3. The number of methoxy groups -OCH3 is 3. The van der Waals surface area contributed by atoms with Gasteiger partial charge in [-0.15, -0.1) is 0 Å². The Labute approximate surface area is 260 Å². The number of aromatic nitrogens is 2. The highest BCUT2D eigenvalue weighted by Crippen LogP contribution is 2.41. The summed E-state index contributed by atoms with van der Waals surface area (Å²) in [6.07, 6.45) is -2.42. The van der Waals surface area contributed by atoms with E-state index < -0.39 is 68.3 Å². The maximum absolute atomic E-state index is 14.3. The molecule has 2 rings (SSSR count). The number of rotatable bonds is 18. The van der Waals surface area contributed by atoms with Gasteiger partial charge in [0.2, 0.25) is 5.95 Å². The van der Waals surface area contributed by atoms with Crippen LogP contribution in [-0.2, 0) is 42.4 Å². The van der Waals surface area contributed by atoms with Crippen molar-refractivity contribution in [3.8, 4) is 0 Å². The Morgan fingerprint density at radius 2 is 1.58 bits per heavy atom. The number of carbonyl (C=O) groups is 3. The van der Waals surface area contributed by atoms with Gasteiger partial charge in [-0.3, -0.25) is 28.9 Å². The molecule has 1 saturated heterocycles. The number of nitrogens with zero attached hydrogens (tertiary/aromatic N) is 2. The van der Waals surface area contributed by atoms with E-state index in [0.717, 1.165) is 0 Å². The number of esters is 2. The lowest BCUT2D eigenvalue weighted by Crippen LogP contribution is -2.46. The van der Waals surface area contributed by atoms with Gasteiger partial charge in [0.15, 0.2) is 17.6 Å². The molecule has 4 unspecified atom stereocenters. The topological polar surface area (TPSA) is 258 Å². The van der Waals surface area contributed by atoms with Gasteiger partial charge in [0.05, 0.1) is 20.8 Å². The summed E-state index contributed by atoms with van der Waals surface area (Å²) >= 11 is 0. The molecule has 19 heteroatoms. The lowest BCUT2D eigenvalue weighted by Gasteiger charge is -2.31. The Bertz CT molecular complexity index is 1270. The number of aliphatic imine (C=N–C) groups is 1. The molecule has 0 aromatic carbocycles. The van der Waals surface area contributed by atoms with Crippen LogP contribution in [0, 0.1) is 11.8 Å². The molecule has 18 nitrogen and oxygen atoms in total. The number of hydrogen-bond acceptors (Lipinski definition) is 15. The first-order valence-corrected chi connectivity index (χ1v) is 15.8. The lowest BCUT2D eigenvalue weighted by atomic mass is 10.1. The molecule has 0 radical (unpaired) electrons. The molecule has 254 valence electrons. The molecule has 1 aliphatic rings. The number of carbonyl (C=O) groups excluding carboxylic acids is 3. The largest absolute Gasteiger partial charge is 0.509 e. The molecule has 5 atom stereocenters. The van der Waals surface area contributed by atoms with Gasteiger partial charge in [-0.25, -0.2) is 15.0 Å². The number of nitrogens with one attached hydrogen (secondary N) is 3. The first kappa shape index (κ1) is 37.6. The van der Waals surface area contributed by atoms with Crippen molar-refractivity contribution in [3.05, 3.63) is 10.4 Å². The van der Waals surface area contributed by atoms with E-state index >= 15 is 0 Å².